The van der Waals surface area contributed by atoms with E-state index in [-0.39, 0.29) is 25.0 Å². The molecule has 1 aliphatic rings. The lowest BCUT2D eigenvalue weighted by Gasteiger charge is -2.23. The minimum Gasteiger partial charge on any atom is -0.493 e. The smallest absolute Gasteiger partial charge is 0.310 e. The van der Waals surface area contributed by atoms with E-state index in [1.165, 1.54) is 12.7 Å². The maximum absolute atomic E-state index is 13.3. The average Bonchev–Trinajstić information content (AvgIpc) is 3.22. The van der Waals surface area contributed by atoms with Crippen molar-refractivity contribution in [3.05, 3.63) is 94.0 Å². The third-order valence-electron chi connectivity index (χ3n) is 6.72. The lowest BCUT2D eigenvalue weighted by Crippen LogP contribution is -2.34. The summed E-state index contributed by atoms with van der Waals surface area (Å²) < 4.78 is 11.4. The number of carboxylic acid groups (broad SMARTS) is 1. The van der Waals surface area contributed by atoms with Crippen molar-refractivity contribution in [2.45, 2.75) is 32.6 Å². The number of amides is 1. The van der Waals surface area contributed by atoms with Gasteiger partial charge in [0, 0.05) is 24.0 Å². The van der Waals surface area contributed by atoms with E-state index in [0.29, 0.717) is 35.7 Å². The number of hydrogen-bond acceptors (Lipinski definition) is 5. The number of ketones is 1. The van der Waals surface area contributed by atoms with Gasteiger partial charge < -0.3 is 20.3 Å². The first-order valence-corrected chi connectivity index (χ1v) is 11.8. The van der Waals surface area contributed by atoms with Crippen molar-refractivity contribution in [2.24, 2.45) is 11.1 Å². The molecule has 0 bridgehead atoms. The van der Waals surface area contributed by atoms with E-state index < -0.39 is 17.3 Å². The molecule has 1 amide bonds. The SMILES string of the molecule is COc1ccc(C(=O)CC2(C(=O)O)Cc3ccc(C(N)=O)cc3C2)cc1OCCc1cccc(C)c1. The largest absolute Gasteiger partial charge is 0.493 e. The zero-order valence-corrected chi connectivity index (χ0v) is 20.4. The molecule has 3 aromatic rings. The van der Waals surface area contributed by atoms with E-state index in [1.54, 1.807) is 36.4 Å². The molecule has 4 rings (SSSR count). The Bertz CT molecular complexity index is 1330. The van der Waals surface area contributed by atoms with E-state index in [0.717, 1.165) is 16.7 Å². The number of primary amides is 1. The van der Waals surface area contributed by atoms with E-state index in [4.69, 9.17) is 15.2 Å². The van der Waals surface area contributed by atoms with Gasteiger partial charge in [0.25, 0.3) is 0 Å². The number of rotatable bonds is 10. The lowest BCUT2D eigenvalue weighted by atomic mass is 9.79. The Balaban J connectivity index is 1.50. The standard InChI is InChI=1S/C29H29NO6/c1-18-4-3-5-19(12-18)10-11-36-26-14-20(8-9-25(26)35-2)24(31)17-29(28(33)34)15-22-7-6-21(27(30)32)13-23(22)16-29/h3-9,12-14H,10-11,15-17H2,1-2H3,(H2,30,32)(H,33,34). The highest BCUT2D eigenvalue weighted by Gasteiger charge is 2.45. The van der Waals surface area contributed by atoms with Crippen molar-refractivity contribution in [3.8, 4) is 11.5 Å². The van der Waals surface area contributed by atoms with Crippen LogP contribution in [0.2, 0.25) is 0 Å². The Morgan fingerprint density at radius 3 is 2.39 bits per heavy atom. The number of ether oxygens (including phenoxy) is 2. The van der Waals surface area contributed by atoms with Gasteiger partial charge in [-0.2, -0.15) is 0 Å². The van der Waals surface area contributed by atoms with Crippen molar-refractivity contribution < 1.29 is 29.0 Å². The van der Waals surface area contributed by atoms with Crippen LogP contribution >= 0.6 is 0 Å². The molecular formula is C29H29NO6. The summed E-state index contributed by atoms with van der Waals surface area (Å²) in [7, 11) is 1.53. The number of nitrogens with two attached hydrogens (primary N) is 1. The summed E-state index contributed by atoms with van der Waals surface area (Å²) in [4.78, 5) is 37.2. The summed E-state index contributed by atoms with van der Waals surface area (Å²) in [5.41, 5.74) is 8.62. The molecule has 0 saturated heterocycles. The van der Waals surface area contributed by atoms with Gasteiger partial charge in [-0.05, 0) is 66.8 Å². The topological polar surface area (TPSA) is 116 Å². The minimum absolute atomic E-state index is 0.153. The van der Waals surface area contributed by atoms with Crippen LogP contribution < -0.4 is 15.2 Å². The number of carboxylic acids is 1. The van der Waals surface area contributed by atoms with Crippen LogP contribution in [0.1, 0.15) is 49.4 Å². The molecule has 0 radical (unpaired) electrons. The van der Waals surface area contributed by atoms with Crippen LogP contribution in [0.15, 0.2) is 60.7 Å². The fourth-order valence-electron chi connectivity index (χ4n) is 4.78. The molecule has 1 atom stereocenters. The number of aryl methyl sites for hydroxylation is 1. The summed E-state index contributed by atoms with van der Waals surface area (Å²) in [5.74, 6) is -0.991. The molecule has 0 spiro atoms. The molecule has 0 saturated carbocycles. The Hall–Kier alpha value is -4.13. The van der Waals surface area contributed by atoms with Gasteiger partial charge in [0.2, 0.25) is 5.91 Å². The van der Waals surface area contributed by atoms with Crippen LogP contribution in [0, 0.1) is 12.3 Å². The average molecular weight is 488 g/mol. The number of hydrogen-bond donors (Lipinski definition) is 2. The lowest BCUT2D eigenvalue weighted by molar-refractivity contribution is -0.148. The zero-order chi connectivity index (χ0) is 25.9. The highest BCUT2D eigenvalue weighted by molar-refractivity contribution is 6.00. The van der Waals surface area contributed by atoms with Crippen LogP contribution in [0.5, 0.6) is 11.5 Å². The van der Waals surface area contributed by atoms with Gasteiger partial charge in [0.15, 0.2) is 17.3 Å². The van der Waals surface area contributed by atoms with Gasteiger partial charge in [-0.15, -0.1) is 0 Å². The quantitative estimate of drug-likeness (QED) is 0.415. The van der Waals surface area contributed by atoms with Gasteiger partial charge in [0.05, 0.1) is 19.1 Å². The van der Waals surface area contributed by atoms with Crippen LogP contribution in [0.4, 0.5) is 0 Å². The molecule has 186 valence electrons. The number of carbonyl (C=O) groups is 3. The predicted molar refractivity (Wildman–Crippen MR) is 135 cm³/mol. The van der Waals surface area contributed by atoms with Crippen molar-refractivity contribution in [2.75, 3.05) is 13.7 Å². The molecule has 7 heteroatoms. The highest BCUT2D eigenvalue weighted by atomic mass is 16.5. The molecule has 0 aliphatic heterocycles. The monoisotopic (exact) mass is 487 g/mol. The van der Waals surface area contributed by atoms with Gasteiger partial charge in [-0.3, -0.25) is 14.4 Å². The normalized spacial score (nSPS) is 16.3. The van der Waals surface area contributed by atoms with Crippen LogP contribution in [-0.2, 0) is 24.1 Å². The first-order valence-electron chi connectivity index (χ1n) is 11.8. The maximum Gasteiger partial charge on any atom is 0.310 e. The second-order valence-corrected chi connectivity index (χ2v) is 9.34. The summed E-state index contributed by atoms with van der Waals surface area (Å²) in [6.45, 7) is 2.43. The highest BCUT2D eigenvalue weighted by Crippen LogP contribution is 2.42. The first-order chi connectivity index (χ1) is 17.2. The molecule has 1 aliphatic carbocycles. The van der Waals surface area contributed by atoms with Crippen LogP contribution in [0.3, 0.4) is 0 Å². The third kappa shape index (κ3) is 5.25. The molecule has 36 heavy (non-hydrogen) atoms. The second kappa shape index (κ2) is 10.2. The van der Waals surface area contributed by atoms with Gasteiger partial charge in [-0.25, -0.2) is 0 Å². The van der Waals surface area contributed by atoms with Crippen molar-refractivity contribution in [1.82, 2.24) is 0 Å². The summed E-state index contributed by atoms with van der Waals surface area (Å²) in [6.07, 6.45) is 0.869. The first kappa shape index (κ1) is 25.0. The number of aliphatic carboxylic acids is 1. The molecule has 3 N–H and O–H groups in total. The van der Waals surface area contributed by atoms with Gasteiger partial charge >= 0.3 is 5.97 Å². The summed E-state index contributed by atoms with van der Waals surface area (Å²) in [6, 6.07) is 18.0. The molecule has 0 heterocycles. The van der Waals surface area contributed by atoms with Crippen molar-refractivity contribution in [1.29, 1.82) is 0 Å². The number of methoxy groups -OCH3 is 1. The van der Waals surface area contributed by atoms with E-state index in [2.05, 4.69) is 6.07 Å². The van der Waals surface area contributed by atoms with Gasteiger partial charge in [0.1, 0.15) is 0 Å². The van der Waals surface area contributed by atoms with Crippen LogP contribution in [-0.4, -0.2) is 36.5 Å². The Kier molecular flexibility index (Phi) is 7.10. The van der Waals surface area contributed by atoms with Crippen molar-refractivity contribution in [3.63, 3.8) is 0 Å². The molecular weight excluding hydrogens is 458 g/mol. The summed E-state index contributed by atoms with van der Waals surface area (Å²) >= 11 is 0. The van der Waals surface area contributed by atoms with Crippen molar-refractivity contribution >= 4 is 17.7 Å². The number of carbonyl (C=O) groups excluding carboxylic acids is 2. The number of fused-ring (bicyclic) bond motifs is 1. The van der Waals surface area contributed by atoms with E-state index in [1.807, 2.05) is 25.1 Å². The fraction of sp³-hybridized carbons (Fsp3) is 0.276. The van der Waals surface area contributed by atoms with E-state index >= 15 is 0 Å². The molecule has 0 fully saturated rings. The summed E-state index contributed by atoms with van der Waals surface area (Å²) in [5, 5.41) is 10.1. The number of Topliss-reactive ketones (excluding diaryl/α,β-unsaturated/α-hetero) is 1. The Labute approximate surface area is 209 Å². The Morgan fingerprint density at radius 1 is 0.944 bits per heavy atom. The second-order valence-electron chi connectivity index (χ2n) is 9.34. The molecule has 7 nitrogen and oxygen atoms in total. The zero-order valence-electron chi connectivity index (χ0n) is 20.4. The van der Waals surface area contributed by atoms with E-state index in [9.17, 15) is 19.5 Å². The molecule has 3 aromatic carbocycles. The van der Waals surface area contributed by atoms with Crippen LogP contribution in [0.25, 0.3) is 0 Å². The maximum atomic E-state index is 13.3. The predicted octanol–water partition coefficient (Wildman–Crippen LogP) is 4.17. The van der Waals surface area contributed by atoms with Gasteiger partial charge in [-0.1, -0.05) is 35.9 Å². The Morgan fingerprint density at radius 2 is 1.69 bits per heavy atom. The molecule has 1 unspecified atom stereocenters. The molecule has 0 aromatic heterocycles. The third-order valence-corrected chi connectivity index (χ3v) is 6.72. The fourth-order valence-corrected chi connectivity index (χ4v) is 4.78. The number of benzene rings is 3. The minimum atomic E-state index is -1.29.